The van der Waals surface area contributed by atoms with Crippen LogP contribution in [0.5, 0.6) is 5.75 Å². The van der Waals surface area contributed by atoms with E-state index in [2.05, 4.69) is 10.6 Å². The zero-order valence-electron chi connectivity index (χ0n) is 15.7. The van der Waals surface area contributed by atoms with E-state index in [9.17, 15) is 14.7 Å². The van der Waals surface area contributed by atoms with E-state index >= 15 is 0 Å². The van der Waals surface area contributed by atoms with Crippen LogP contribution in [0.15, 0.2) is 18.2 Å². The Morgan fingerprint density at radius 2 is 2.22 bits per heavy atom. The number of nitrogens with zero attached hydrogens (tertiary/aromatic N) is 1. The quantitative estimate of drug-likeness (QED) is 0.566. The van der Waals surface area contributed by atoms with Crippen molar-refractivity contribution in [1.82, 2.24) is 10.2 Å². The monoisotopic (exact) mass is 375 g/mol. The summed E-state index contributed by atoms with van der Waals surface area (Å²) in [7, 11) is 0. The highest BCUT2D eigenvalue weighted by Crippen LogP contribution is 2.26. The number of benzene rings is 1. The van der Waals surface area contributed by atoms with Gasteiger partial charge in [-0.2, -0.15) is 0 Å². The predicted molar refractivity (Wildman–Crippen MR) is 103 cm³/mol. The minimum Gasteiger partial charge on any atom is -0.494 e. The van der Waals surface area contributed by atoms with Gasteiger partial charge in [0.25, 0.3) is 0 Å². The Bertz CT molecular complexity index is 659. The van der Waals surface area contributed by atoms with Gasteiger partial charge in [0, 0.05) is 37.7 Å². The Morgan fingerprint density at radius 1 is 1.33 bits per heavy atom. The third-order valence-corrected chi connectivity index (χ3v) is 5.10. The molecular weight excluding hydrogens is 346 g/mol. The van der Waals surface area contributed by atoms with Crippen molar-refractivity contribution in [3.63, 3.8) is 0 Å². The molecule has 3 rings (SSSR count). The van der Waals surface area contributed by atoms with E-state index in [1.807, 2.05) is 18.2 Å². The van der Waals surface area contributed by atoms with Crippen LogP contribution in [0.2, 0.25) is 0 Å². The number of carbonyl (C=O) groups is 2. The molecule has 0 spiro atoms. The van der Waals surface area contributed by atoms with Crippen LogP contribution in [-0.2, 0) is 16.0 Å². The first-order valence-electron chi connectivity index (χ1n) is 9.83. The Hall–Kier alpha value is -2.12. The largest absolute Gasteiger partial charge is 0.494 e. The summed E-state index contributed by atoms with van der Waals surface area (Å²) in [5.41, 5.74) is 1.94. The molecule has 0 aliphatic carbocycles. The third kappa shape index (κ3) is 5.68. The van der Waals surface area contributed by atoms with Crippen LogP contribution in [0.4, 0.5) is 5.69 Å². The fraction of sp³-hybridized carbons (Fsp3) is 0.600. The number of aliphatic hydroxyl groups is 1. The van der Waals surface area contributed by atoms with Crippen LogP contribution in [0.1, 0.15) is 37.7 Å². The lowest BCUT2D eigenvalue weighted by molar-refractivity contribution is -0.132. The second-order valence-corrected chi connectivity index (χ2v) is 7.18. The average Bonchev–Trinajstić information content (AvgIpc) is 3.18. The Kier molecular flexibility index (Phi) is 7.06. The van der Waals surface area contributed by atoms with Crippen molar-refractivity contribution in [2.45, 2.75) is 44.6 Å². The molecule has 7 heteroatoms. The zero-order chi connectivity index (χ0) is 19.1. The number of rotatable bonds is 9. The van der Waals surface area contributed by atoms with Gasteiger partial charge < -0.3 is 25.4 Å². The van der Waals surface area contributed by atoms with Crippen molar-refractivity contribution in [2.75, 3.05) is 38.2 Å². The highest BCUT2D eigenvalue weighted by molar-refractivity contribution is 5.94. The standard InChI is InChI=1S/C20H29N3O4/c24-11-10-23(14-16-3-1-9-21-16)20(26)4-2-12-27-17-6-7-18-15(13-17)5-8-19(25)22-18/h6-7,13,16,21,24H,1-5,8-12,14H2,(H,22,25). The molecule has 0 saturated carbocycles. The second kappa shape index (κ2) is 9.71. The third-order valence-electron chi connectivity index (χ3n) is 5.10. The molecule has 1 atom stereocenters. The van der Waals surface area contributed by atoms with Gasteiger partial charge in [0.15, 0.2) is 0 Å². The van der Waals surface area contributed by atoms with Crippen molar-refractivity contribution in [3.8, 4) is 5.75 Å². The van der Waals surface area contributed by atoms with Gasteiger partial charge >= 0.3 is 0 Å². The number of nitrogens with one attached hydrogen (secondary N) is 2. The van der Waals surface area contributed by atoms with Crippen LogP contribution < -0.4 is 15.4 Å². The van der Waals surface area contributed by atoms with Crippen LogP contribution in [0.3, 0.4) is 0 Å². The zero-order valence-corrected chi connectivity index (χ0v) is 15.7. The number of ether oxygens (including phenoxy) is 1. The molecule has 3 N–H and O–H groups in total. The first kappa shape index (κ1) is 19.6. The van der Waals surface area contributed by atoms with Crippen molar-refractivity contribution in [3.05, 3.63) is 23.8 Å². The summed E-state index contributed by atoms with van der Waals surface area (Å²) in [6, 6.07) is 6.01. The molecule has 2 amide bonds. The smallest absolute Gasteiger partial charge is 0.224 e. The van der Waals surface area contributed by atoms with Gasteiger partial charge in [-0.1, -0.05) is 0 Å². The molecule has 27 heavy (non-hydrogen) atoms. The molecular formula is C20H29N3O4. The molecule has 2 aliphatic heterocycles. The lowest BCUT2D eigenvalue weighted by atomic mass is 10.0. The Balaban J connectivity index is 1.42. The Morgan fingerprint density at radius 3 is 3.00 bits per heavy atom. The normalized spacial score (nSPS) is 18.7. The van der Waals surface area contributed by atoms with Gasteiger partial charge in [0.05, 0.1) is 13.2 Å². The van der Waals surface area contributed by atoms with Crippen molar-refractivity contribution in [1.29, 1.82) is 0 Å². The minimum absolute atomic E-state index is 0.0133. The summed E-state index contributed by atoms with van der Waals surface area (Å²) in [4.78, 5) is 25.6. The van der Waals surface area contributed by atoms with Gasteiger partial charge in [-0.05, 0) is 56.0 Å². The van der Waals surface area contributed by atoms with E-state index in [0.29, 0.717) is 45.0 Å². The number of carbonyl (C=O) groups excluding carboxylic acids is 2. The van der Waals surface area contributed by atoms with Gasteiger partial charge in [-0.3, -0.25) is 9.59 Å². The summed E-state index contributed by atoms with van der Waals surface area (Å²) in [6.45, 7) is 2.50. The molecule has 1 fully saturated rings. The summed E-state index contributed by atoms with van der Waals surface area (Å²) < 4.78 is 5.78. The SMILES string of the molecule is O=C1CCc2cc(OCCCC(=O)N(CCO)CC3CCCN3)ccc2N1. The highest BCUT2D eigenvalue weighted by atomic mass is 16.5. The minimum atomic E-state index is -0.0133. The van der Waals surface area contributed by atoms with Crippen LogP contribution >= 0.6 is 0 Å². The van der Waals surface area contributed by atoms with Crippen molar-refractivity contribution >= 4 is 17.5 Å². The van der Waals surface area contributed by atoms with E-state index < -0.39 is 0 Å². The maximum Gasteiger partial charge on any atom is 0.224 e. The summed E-state index contributed by atoms with van der Waals surface area (Å²) >= 11 is 0. The molecule has 148 valence electrons. The number of anilines is 1. The molecule has 0 bridgehead atoms. The molecule has 7 nitrogen and oxygen atoms in total. The summed E-state index contributed by atoms with van der Waals surface area (Å²) in [5, 5.41) is 15.5. The fourth-order valence-electron chi connectivity index (χ4n) is 3.64. The van der Waals surface area contributed by atoms with Crippen LogP contribution in [-0.4, -0.2) is 60.7 Å². The first-order valence-corrected chi connectivity index (χ1v) is 9.83. The number of fused-ring (bicyclic) bond motifs is 1. The molecule has 0 aromatic heterocycles. The highest BCUT2D eigenvalue weighted by Gasteiger charge is 2.21. The van der Waals surface area contributed by atoms with Crippen molar-refractivity contribution < 1.29 is 19.4 Å². The molecule has 1 saturated heterocycles. The van der Waals surface area contributed by atoms with E-state index in [4.69, 9.17) is 4.74 Å². The van der Waals surface area contributed by atoms with E-state index in [1.165, 1.54) is 0 Å². The van der Waals surface area contributed by atoms with Gasteiger partial charge in [-0.15, -0.1) is 0 Å². The van der Waals surface area contributed by atoms with E-state index in [0.717, 1.165) is 42.8 Å². The summed E-state index contributed by atoms with van der Waals surface area (Å²) in [6.07, 6.45) is 4.49. The maximum atomic E-state index is 12.4. The predicted octanol–water partition coefficient (Wildman–Crippen LogP) is 1.30. The topological polar surface area (TPSA) is 90.9 Å². The molecule has 2 aliphatic rings. The lowest BCUT2D eigenvalue weighted by Gasteiger charge is -2.25. The average molecular weight is 375 g/mol. The second-order valence-electron chi connectivity index (χ2n) is 7.18. The van der Waals surface area contributed by atoms with Crippen molar-refractivity contribution in [2.24, 2.45) is 0 Å². The molecule has 2 heterocycles. The van der Waals surface area contributed by atoms with Crippen LogP contribution in [0, 0.1) is 0 Å². The molecule has 1 aromatic carbocycles. The molecule has 0 radical (unpaired) electrons. The van der Waals surface area contributed by atoms with Gasteiger partial charge in [0.2, 0.25) is 11.8 Å². The maximum absolute atomic E-state index is 12.4. The lowest BCUT2D eigenvalue weighted by Crippen LogP contribution is -2.42. The number of hydrogen-bond acceptors (Lipinski definition) is 5. The number of aliphatic hydroxyl groups excluding tert-OH is 1. The number of aryl methyl sites for hydroxylation is 1. The first-order chi connectivity index (χ1) is 13.2. The molecule has 1 unspecified atom stereocenters. The fourth-order valence-corrected chi connectivity index (χ4v) is 3.64. The van der Waals surface area contributed by atoms with Gasteiger partial charge in [-0.25, -0.2) is 0 Å². The summed E-state index contributed by atoms with van der Waals surface area (Å²) in [5.74, 6) is 0.879. The number of hydrogen-bond donors (Lipinski definition) is 3. The van der Waals surface area contributed by atoms with E-state index in [-0.39, 0.29) is 18.4 Å². The van der Waals surface area contributed by atoms with Gasteiger partial charge in [0.1, 0.15) is 5.75 Å². The number of amides is 2. The van der Waals surface area contributed by atoms with E-state index in [1.54, 1.807) is 4.90 Å². The Labute approximate surface area is 160 Å². The molecule has 1 aromatic rings. The van der Waals surface area contributed by atoms with Crippen LogP contribution in [0.25, 0.3) is 0 Å².